The molecule has 10 heteroatoms. The lowest BCUT2D eigenvalue weighted by atomic mass is 9.89. The minimum absolute atomic E-state index is 0.0164. The predicted octanol–water partition coefficient (Wildman–Crippen LogP) is 5.35. The van der Waals surface area contributed by atoms with E-state index in [1.165, 1.54) is 18.2 Å². The van der Waals surface area contributed by atoms with E-state index < -0.39 is 17.7 Å². The van der Waals surface area contributed by atoms with Gasteiger partial charge in [-0.3, -0.25) is 9.48 Å². The SMILES string of the molecule is O=C(O)CCCCOc1cc(-c2cnn(CI)c2)c2c(c1)C(O)(C(F)(F)F)c1ccccc1-2. The van der Waals surface area contributed by atoms with Gasteiger partial charge in [-0.05, 0) is 41.7 Å². The molecule has 0 saturated heterocycles. The number of ether oxygens (including phenoxy) is 1. The van der Waals surface area contributed by atoms with Crippen molar-refractivity contribution in [3.63, 3.8) is 0 Å². The van der Waals surface area contributed by atoms with Gasteiger partial charge in [-0.1, -0.05) is 46.9 Å². The summed E-state index contributed by atoms with van der Waals surface area (Å²) in [6.07, 6.45) is -0.872. The predicted molar refractivity (Wildman–Crippen MR) is 123 cm³/mol. The molecule has 0 amide bonds. The van der Waals surface area contributed by atoms with E-state index >= 15 is 0 Å². The molecule has 0 fully saturated rings. The molecule has 6 nitrogen and oxygen atoms in total. The Balaban J connectivity index is 1.84. The van der Waals surface area contributed by atoms with Crippen LogP contribution in [0.25, 0.3) is 22.3 Å². The highest BCUT2D eigenvalue weighted by molar-refractivity contribution is 14.1. The Labute approximate surface area is 201 Å². The minimum atomic E-state index is -4.96. The normalized spacial score (nSPS) is 17.0. The lowest BCUT2D eigenvalue weighted by Gasteiger charge is -2.28. The van der Waals surface area contributed by atoms with Gasteiger partial charge in [0, 0.05) is 29.3 Å². The van der Waals surface area contributed by atoms with Gasteiger partial charge in [0.1, 0.15) is 5.75 Å². The van der Waals surface area contributed by atoms with Crippen molar-refractivity contribution in [1.82, 2.24) is 9.78 Å². The zero-order valence-electron chi connectivity index (χ0n) is 17.3. The summed E-state index contributed by atoms with van der Waals surface area (Å²) in [5.74, 6) is -0.758. The number of carbonyl (C=O) groups is 1. The standard InChI is InChI=1S/C23H20F3IN2O4/c24-23(25,26)22(32)18-6-2-1-5-16(18)21-17(14-11-28-29(12-14)13-27)9-15(10-19(21)22)33-8-4-3-7-20(30)31/h1-2,5-6,9-12,32H,3-4,7-8,13H2,(H,30,31). The third-order valence-corrected chi connectivity index (χ3v) is 6.32. The Hall–Kier alpha value is -2.60. The molecule has 1 atom stereocenters. The molecule has 4 rings (SSSR count). The third-order valence-electron chi connectivity index (χ3n) is 5.62. The number of halogens is 4. The summed E-state index contributed by atoms with van der Waals surface area (Å²) in [6, 6.07) is 8.82. The van der Waals surface area contributed by atoms with Crippen LogP contribution in [-0.2, 0) is 14.9 Å². The van der Waals surface area contributed by atoms with Gasteiger partial charge in [0.05, 0.1) is 17.4 Å². The second kappa shape index (κ2) is 8.98. The monoisotopic (exact) mass is 572 g/mol. The number of benzene rings is 2. The second-order valence-corrected chi connectivity index (χ2v) is 8.42. The first-order valence-corrected chi connectivity index (χ1v) is 11.7. The fourth-order valence-corrected chi connectivity index (χ4v) is 4.48. The van der Waals surface area contributed by atoms with Gasteiger partial charge in [-0.25, -0.2) is 0 Å². The number of aliphatic hydroxyl groups is 1. The molecule has 0 spiro atoms. The summed E-state index contributed by atoms with van der Waals surface area (Å²) in [7, 11) is 0. The molecule has 0 radical (unpaired) electrons. The third kappa shape index (κ3) is 4.21. The van der Waals surface area contributed by atoms with Gasteiger partial charge in [0.15, 0.2) is 0 Å². The summed E-state index contributed by atoms with van der Waals surface area (Å²) in [5.41, 5.74) is -2.05. The van der Waals surface area contributed by atoms with E-state index in [1.54, 1.807) is 35.3 Å². The van der Waals surface area contributed by atoms with Crippen molar-refractivity contribution in [1.29, 1.82) is 0 Å². The Morgan fingerprint density at radius 3 is 2.58 bits per heavy atom. The summed E-state index contributed by atoms with van der Waals surface area (Å²) in [4.78, 5) is 10.7. The fourth-order valence-electron chi connectivity index (χ4n) is 4.11. The van der Waals surface area contributed by atoms with E-state index in [9.17, 15) is 23.1 Å². The van der Waals surface area contributed by atoms with E-state index in [2.05, 4.69) is 27.7 Å². The highest BCUT2D eigenvalue weighted by Gasteiger charge is 2.61. The van der Waals surface area contributed by atoms with Crippen molar-refractivity contribution >= 4 is 28.6 Å². The van der Waals surface area contributed by atoms with Crippen LogP contribution >= 0.6 is 22.6 Å². The zero-order valence-corrected chi connectivity index (χ0v) is 19.4. The number of rotatable bonds is 8. The van der Waals surface area contributed by atoms with Crippen LogP contribution in [-0.4, -0.2) is 38.7 Å². The summed E-state index contributed by atoms with van der Waals surface area (Å²) >= 11 is 2.12. The molecule has 1 heterocycles. The maximum absolute atomic E-state index is 14.3. The number of alkyl halides is 4. The zero-order chi connectivity index (χ0) is 23.8. The lowest BCUT2D eigenvalue weighted by molar-refractivity contribution is -0.246. The van der Waals surface area contributed by atoms with E-state index in [4.69, 9.17) is 9.84 Å². The van der Waals surface area contributed by atoms with Crippen molar-refractivity contribution in [3.8, 4) is 28.0 Å². The Morgan fingerprint density at radius 1 is 1.15 bits per heavy atom. The minimum Gasteiger partial charge on any atom is -0.494 e. The number of aliphatic carboxylic acids is 1. The van der Waals surface area contributed by atoms with Crippen molar-refractivity contribution < 1.29 is 32.9 Å². The molecule has 1 aromatic heterocycles. The largest absolute Gasteiger partial charge is 0.494 e. The first kappa shape index (κ1) is 23.6. The van der Waals surface area contributed by atoms with Gasteiger partial charge >= 0.3 is 12.1 Å². The molecule has 1 aliphatic rings. The Kier molecular flexibility index (Phi) is 6.41. The smallest absolute Gasteiger partial charge is 0.425 e. The highest BCUT2D eigenvalue weighted by atomic mass is 127. The van der Waals surface area contributed by atoms with Crippen LogP contribution in [0.4, 0.5) is 13.2 Å². The van der Waals surface area contributed by atoms with Gasteiger partial charge in [-0.2, -0.15) is 18.3 Å². The van der Waals surface area contributed by atoms with Crippen LogP contribution in [0, 0.1) is 0 Å². The van der Waals surface area contributed by atoms with Crippen molar-refractivity contribution in [2.45, 2.75) is 35.6 Å². The van der Waals surface area contributed by atoms with Crippen LogP contribution in [0.1, 0.15) is 30.4 Å². The summed E-state index contributed by atoms with van der Waals surface area (Å²) in [5, 5.41) is 24.1. The first-order valence-electron chi connectivity index (χ1n) is 10.2. The number of fused-ring (bicyclic) bond motifs is 3. The highest BCUT2D eigenvalue weighted by Crippen LogP contribution is 2.58. The van der Waals surface area contributed by atoms with Gasteiger partial charge < -0.3 is 14.9 Å². The van der Waals surface area contributed by atoms with Crippen molar-refractivity contribution in [2.24, 2.45) is 0 Å². The molecule has 2 aromatic carbocycles. The number of carboxylic acids is 1. The average molecular weight is 572 g/mol. The lowest BCUT2D eigenvalue weighted by Crippen LogP contribution is -2.41. The molecule has 1 aliphatic carbocycles. The van der Waals surface area contributed by atoms with Crippen LogP contribution in [0.2, 0.25) is 0 Å². The van der Waals surface area contributed by atoms with Crippen molar-refractivity contribution in [2.75, 3.05) is 6.61 Å². The molecular formula is C23H20F3IN2O4. The molecule has 0 saturated carbocycles. The van der Waals surface area contributed by atoms with E-state index in [0.717, 1.165) is 0 Å². The number of nitrogens with zero attached hydrogens (tertiary/aromatic N) is 2. The van der Waals surface area contributed by atoms with E-state index in [-0.39, 0.29) is 35.5 Å². The average Bonchev–Trinajstić information content (AvgIpc) is 3.35. The van der Waals surface area contributed by atoms with E-state index in [1.807, 2.05) is 0 Å². The van der Waals surface area contributed by atoms with Crippen molar-refractivity contribution in [3.05, 3.63) is 59.9 Å². The van der Waals surface area contributed by atoms with E-state index in [0.29, 0.717) is 34.1 Å². The molecule has 174 valence electrons. The Morgan fingerprint density at radius 2 is 1.91 bits per heavy atom. The molecule has 3 aromatic rings. The summed E-state index contributed by atoms with van der Waals surface area (Å²) < 4.78 is 50.8. The number of aromatic nitrogens is 2. The molecule has 0 bridgehead atoms. The number of unbranched alkanes of at least 4 members (excludes halogenated alkanes) is 1. The molecule has 33 heavy (non-hydrogen) atoms. The van der Waals surface area contributed by atoms with Gasteiger partial charge in [0.25, 0.3) is 0 Å². The molecule has 1 unspecified atom stereocenters. The van der Waals surface area contributed by atoms with Crippen LogP contribution in [0.3, 0.4) is 0 Å². The maximum atomic E-state index is 14.3. The van der Waals surface area contributed by atoms with Crippen LogP contribution in [0.15, 0.2) is 48.8 Å². The topological polar surface area (TPSA) is 84.6 Å². The second-order valence-electron chi connectivity index (χ2n) is 7.73. The quantitative estimate of drug-likeness (QED) is 0.216. The molecule has 2 N–H and O–H groups in total. The van der Waals surface area contributed by atoms with Gasteiger partial charge in [0.2, 0.25) is 5.60 Å². The Bertz CT molecular complexity index is 1190. The number of hydrogen-bond acceptors (Lipinski definition) is 4. The summed E-state index contributed by atoms with van der Waals surface area (Å²) in [6.45, 7) is 0.135. The molecular weight excluding hydrogens is 552 g/mol. The molecule has 0 aliphatic heterocycles. The van der Waals surface area contributed by atoms with Crippen LogP contribution < -0.4 is 4.74 Å². The maximum Gasteiger partial charge on any atom is 0.425 e. The number of hydrogen-bond donors (Lipinski definition) is 2. The van der Waals surface area contributed by atoms with Gasteiger partial charge in [-0.15, -0.1) is 0 Å². The number of carboxylic acid groups (broad SMARTS) is 1. The van der Waals surface area contributed by atoms with Crippen LogP contribution in [0.5, 0.6) is 5.75 Å². The first-order chi connectivity index (χ1) is 15.7. The fraction of sp³-hybridized carbons (Fsp3) is 0.304.